The second-order valence-corrected chi connectivity index (χ2v) is 5.91. The van der Waals surface area contributed by atoms with Gasteiger partial charge in [-0.2, -0.15) is 0 Å². The molecule has 0 heterocycles. The van der Waals surface area contributed by atoms with Crippen molar-refractivity contribution in [3.8, 4) is 5.75 Å². The van der Waals surface area contributed by atoms with Gasteiger partial charge in [-0.05, 0) is 48.2 Å². The molecule has 1 aliphatic carbocycles. The van der Waals surface area contributed by atoms with E-state index in [4.69, 9.17) is 4.74 Å². The predicted octanol–water partition coefficient (Wildman–Crippen LogP) is 3.57. The molecule has 0 spiro atoms. The Morgan fingerprint density at radius 3 is 2.52 bits per heavy atom. The van der Waals surface area contributed by atoms with Crippen LogP contribution in [-0.4, -0.2) is 24.0 Å². The number of rotatable bonds is 6. The van der Waals surface area contributed by atoms with Gasteiger partial charge in [-0.15, -0.1) is 0 Å². The monoisotopic (exact) mass is 313 g/mol. The lowest BCUT2D eigenvalue weighted by molar-refractivity contribution is -0.131. The molecule has 0 aliphatic heterocycles. The van der Waals surface area contributed by atoms with Crippen LogP contribution in [0.15, 0.2) is 48.5 Å². The van der Waals surface area contributed by atoms with E-state index in [1.807, 2.05) is 35.2 Å². The van der Waals surface area contributed by atoms with Crippen LogP contribution < -0.4 is 4.74 Å². The molecule has 1 amide bonds. The third-order valence-corrected chi connectivity index (χ3v) is 4.06. The number of amides is 1. The van der Waals surface area contributed by atoms with Gasteiger partial charge >= 0.3 is 0 Å². The number of ether oxygens (including phenoxy) is 1. The van der Waals surface area contributed by atoms with Gasteiger partial charge in [0.1, 0.15) is 11.6 Å². The number of hydrogen-bond donors (Lipinski definition) is 0. The Hall–Kier alpha value is -2.36. The summed E-state index contributed by atoms with van der Waals surface area (Å²) in [6, 6.07) is 14.3. The highest BCUT2D eigenvalue weighted by atomic mass is 19.1. The average molecular weight is 313 g/mol. The molecule has 0 bridgehead atoms. The zero-order chi connectivity index (χ0) is 16.2. The Morgan fingerprint density at radius 1 is 1.17 bits per heavy atom. The number of nitrogens with zero attached hydrogens (tertiary/aromatic N) is 1. The molecule has 1 aliphatic rings. The molecule has 2 aromatic carbocycles. The number of halogens is 1. The zero-order valence-corrected chi connectivity index (χ0v) is 13.2. The van der Waals surface area contributed by atoms with Crippen LogP contribution in [-0.2, 0) is 17.8 Å². The van der Waals surface area contributed by atoms with Gasteiger partial charge in [0.05, 0.1) is 13.5 Å². The molecule has 0 aromatic heterocycles. The van der Waals surface area contributed by atoms with E-state index >= 15 is 0 Å². The summed E-state index contributed by atoms with van der Waals surface area (Å²) >= 11 is 0. The van der Waals surface area contributed by atoms with E-state index in [1.54, 1.807) is 13.2 Å². The minimum atomic E-state index is -0.263. The average Bonchev–Trinajstić information content (AvgIpc) is 3.38. The summed E-state index contributed by atoms with van der Waals surface area (Å²) in [6.07, 6.45) is 2.42. The summed E-state index contributed by atoms with van der Waals surface area (Å²) in [4.78, 5) is 14.5. The minimum absolute atomic E-state index is 0.0851. The van der Waals surface area contributed by atoms with Crippen LogP contribution in [0.4, 0.5) is 4.39 Å². The molecule has 120 valence electrons. The quantitative estimate of drug-likeness (QED) is 0.816. The van der Waals surface area contributed by atoms with E-state index in [-0.39, 0.29) is 11.7 Å². The summed E-state index contributed by atoms with van der Waals surface area (Å²) in [5.41, 5.74) is 1.79. The van der Waals surface area contributed by atoms with Gasteiger partial charge in [0, 0.05) is 12.6 Å². The lowest BCUT2D eigenvalue weighted by Crippen LogP contribution is -2.33. The molecule has 1 fully saturated rings. The Balaban J connectivity index is 1.68. The van der Waals surface area contributed by atoms with Crippen LogP contribution in [0.1, 0.15) is 24.0 Å². The van der Waals surface area contributed by atoms with Crippen molar-refractivity contribution in [1.29, 1.82) is 0 Å². The summed E-state index contributed by atoms with van der Waals surface area (Å²) < 4.78 is 18.5. The third kappa shape index (κ3) is 4.09. The smallest absolute Gasteiger partial charge is 0.227 e. The Bertz CT molecular complexity index is 680. The van der Waals surface area contributed by atoms with Crippen molar-refractivity contribution in [2.45, 2.75) is 31.8 Å². The molecule has 0 unspecified atom stereocenters. The lowest BCUT2D eigenvalue weighted by Gasteiger charge is -2.23. The largest absolute Gasteiger partial charge is 0.497 e. The van der Waals surface area contributed by atoms with Crippen molar-refractivity contribution in [1.82, 2.24) is 4.90 Å². The standard InChI is InChI=1S/C19H20FNO2/c1-23-18-9-5-14(6-10-18)12-19(22)21(17-7-8-17)13-15-3-2-4-16(20)11-15/h2-6,9-11,17H,7-8,12-13H2,1H3. The minimum Gasteiger partial charge on any atom is -0.497 e. The maximum atomic E-state index is 13.3. The van der Waals surface area contributed by atoms with Crippen LogP contribution in [0.5, 0.6) is 5.75 Å². The molecule has 3 nitrogen and oxygen atoms in total. The summed E-state index contributed by atoms with van der Waals surface area (Å²) in [6.45, 7) is 0.470. The van der Waals surface area contributed by atoms with Gasteiger partial charge in [0.15, 0.2) is 0 Å². The third-order valence-electron chi connectivity index (χ3n) is 4.06. The van der Waals surface area contributed by atoms with Gasteiger partial charge in [0.2, 0.25) is 5.91 Å². The van der Waals surface area contributed by atoms with Gasteiger partial charge < -0.3 is 9.64 Å². The van der Waals surface area contributed by atoms with E-state index in [1.165, 1.54) is 12.1 Å². The summed E-state index contributed by atoms with van der Waals surface area (Å²) in [7, 11) is 1.62. The molecule has 2 aromatic rings. The van der Waals surface area contributed by atoms with Crippen LogP contribution in [0.25, 0.3) is 0 Å². The molecule has 0 N–H and O–H groups in total. The van der Waals surface area contributed by atoms with Crippen LogP contribution in [0, 0.1) is 5.82 Å². The highest BCUT2D eigenvalue weighted by Crippen LogP contribution is 2.29. The van der Waals surface area contributed by atoms with Crippen molar-refractivity contribution >= 4 is 5.91 Å². The topological polar surface area (TPSA) is 29.5 Å². The van der Waals surface area contributed by atoms with E-state index in [9.17, 15) is 9.18 Å². The van der Waals surface area contributed by atoms with Crippen molar-refractivity contribution in [3.63, 3.8) is 0 Å². The molecule has 1 saturated carbocycles. The van der Waals surface area contributed by atoms with E-state index < -0.39 is 0 Å². The number of carbonyl (C=O) groups is 1. The fourth-order valence-electron chi connectivity index (χ4n) is 2.66. The van der Waals surface area contributed by atoms with Gasteiger partial charge in [-0.1, -0.05) is 24.3 Å². The SMILES string of the molecule is COc1ccc(CC(=O)N(Cc2cccc(F)c2)C2CC2)cc1. The summed E-state index contributed by atoms with van der Waals surface area (Å²) in [5, 5.41) is 0. The van der Waals surface area contributed by atoms with Crippen molar-refractivity contribution in [2.24, 2.45) is 0 Å². The molecule has 0 atom stereocenters. The van der Waals surface area contributed by atoms with Crippen molar-refractivity contribution < 1.29 is 13.9 Å². The Morgan fingerprint density at radius 2 is 1.91 bits per heavy atom. The Kier molecular flexibility index (Phi) is 4.60. The maximum Gasteiger partial charge on any atom is 0.227 e. The number of carbonyl (C=O) groups excluding carboxylic acids is 1. The fraction of sp³-hybridized carbons (Fsp3) is 0.316. The molecule has 23 heavy (non-hydrogen) atoms. The van der Waals surface area contributed by atoms with Crippen LogP contribution in [0.2, 0.25) is 0 Å². The first-order valence-electron chi connectivity index (χ1n) is 7.82. The first-order valence-corrected chi connectivity index (χ1v) is 7.82. The first kappa shape index (κ1) is 15.5. The molecule has 0 saturated heterocycles. The number of benzene rings is 2. The van der Waals surface area contributed by atoms with E-state index in [0.29, 0.717) is 19.0 Å². The maximum absolute atomic E-state index is 13.3. The molecule has 3 rings (SSSR count). The Labute approximate surface area is 135 Å². The molecular weight excluding hydrogens is 293 g/mol. The number of hydrogen-bond acceptors (Lipinski definition) is 2. The van der Waals surface area contributed by atoms with Crippen LogP contribution >= 0.6 is 0 Å². The first-order chi connectivity index (χ1) is 11.2. The fourth-order valence-corrected chi connectivity index (χ4v) is 2.66. The normalized spacial score (nSPS) is 13.7. The predicted molar refractivity (Wildman–Crippen MR) is 86.7 cm³/mol. The second kappa shape index (κ2) is 6.82. The van der Waals surface area contributed by atoms with E-state index in [2.05, 4.69) is 0 Å². The van der Waals surface area contributed by atoms with E-state index in [0.717, 1.165) is 29.7 Å². The van der Waals surface area contributed by atoms with Gasteiger partial charge in [-0.3, -0.25) is 4.79 Å². The lowest BCUT2D eigenvalue weighted by atomic mass is 10.1. The van der Waals surface area contributed by atoms with Gasteiger partial charge in [-0.25, -0.2) is 4.39 Å². The van der Waals surface area contributed by atoms with Crippen molar-refractivity contribution in [2.75, 3.05) is 7.11 Å². The summed E-state index contributed by atoms with van der Waals surface area (Å²) in [5.74, 6) is 0.600. The molecule has 0 radical (unpaired) electrons. The highest BCUT2D eigenvalue weighted by Gasteiger charge is 2.32. The molecule has 4 heteroatoms. The van der Waals surface area contributed by atoms with Crippen molar-refractivity contribution in [3.05, 3.63) is 65.5 Å². The van der Waals surface area contributed by atoms with Gasteiger partial charge in [0.25, 0.3) is 0 Å². The zero-order valence-electron chi connectivity index (χ0n) is 13.2. The van der Waals surface area contributed by atoms with Crippen LogP contribution in [0.3, 0.4) is 0 Å². The second-order valence-electron chi connectivity index (χ2n) is 5.91. The number of methoxy groups -OCH3 is 1. The molecular formula is C19H20FNO2. The highest BCUT2D eigenvalue weighted by molar-refractivity contribution is 5.79.